The van der Waals surface area contributed by atoms with Crippen LogP contribution in [0, 0.1) is 0 Å². The lowest BCUT2D eigenvalue weighted by Gasteiger charge is -2.08. The number of methoxy groups -OCH3 is 1. The predicted molar refractivity (Wildman–Crippen MR) is 98.5 cm³/mol. The van der Waals surface area contributed by atoms with Gasteiger partial charge in [-0.3, -0.25) is 0 Å². The Labute approximate surface area is 152 Å². The Balaban J connectivity index is 1.85. The molecule has 6 heteroatoms. The molecule has 0 aliphatic carbocycles. The molecule has 1 N–H and O–H groups in total. The van der Waals surface area contributed by atoms with Gasteiger partial charge in [0.1, 0.15) is 5.82 Å². The van der Waals surface area contributed by atoms with Crippen molar-refractivity contribution in [1.82, 2.24) is 14.8 Å². The van der Waals surface area contributed by atoms with Gasteiger partial charge in [0.15, 0.2) is 0 Å². The van der Waals surface area contributed by atoms with Gasteiger partial charge in [0.05, 0.1) is 12.7 Å². The van der Waals surface area contributed by atoms with E-state index < -0.39 is 5.97 Å². The van der Waals surface area contributed by atoms with E-state index in [1.807, 2.05) is 41.1 Å². The third kappa shape index (κ3) is 3.74. The molecule has 0 spiro atoms. The number of carboxylic acid groups (broad SMARTS) is 1. The third-order valence-electron chi connectivity index (χ3n) is 4.13. The molecule has 0 saturated heterocycles. The molecule has 0 unspecified atom stereocenters. The van der Waals surface area contributed by atoms with E-state index in [-0.39, 0.29) is 0 Å². The molecule has 2 aromatic carbocycles. The number of carboxylic acids is 1. The minimum absolute atomic E-state index is 0.299. The van der Waals surface area contributed by atoms with Gasteiger partial charge in [-0.2, -0.15) is 4.98 Å². The molecule has 1 aromatic heterocycles. The molecule has 6 nitrogen and oxygen atoms in total. The van der Waals surface area contributed by atoms with Crippen LogP contribution in [0.4, 0.5) is 0 Å². The summed E-state index contributed by atoms with van der Waals surface area (Å²) in [6, 6.07) is 15.2. The number of aryl methyl sites for hydroxylation is 1. The Bertz CT molecular complexity index is 901. The molecule has 0 atom stereocenters. The standard InChI is InChI=1S/C20H21N3O3/c1-3-12-23-18(21-20(22-23)26-2)13-14-8-10-15(11-9-14)16-6-4-5-7-17(16)19(24)25/h4-11H,3,12-13H2,1-2H3,(H,24,25). The van der Waals surface area contributed by atoms with Crippen LogP contribution in [-0.2, 0) is 13.0 Å². The molecule has 1 heterocycles. The number of aromatic carboxylic acids is 1. The molecular formula is C20H21N3O3. The Morgan fingerprint density at radius 2 is 1.88 bits per heavy atom. The highest BCUT2D eigenvalue weighted by atomic mass is 16.5. The summed E-state index contributed by atoms with van der Waals surface area (Å²) >= 11 is 0. The summed E-state index contributed by atoms with van der Waals surface area (Å²) in [7, 11) is 1.56. The lowest BCUT2D eigenvalue weighted by atomic mass is 9.98. The number of hydrogen-bond acceptors (Lipinski definition) is 4. The van der Waals surface area contributed by atoms with Gasteiger partial charge >= 0.3 is 12.0 Å². The summed E-state index contributed by atoms with van der Waals surface area (Å²) in [5, 5.41) is 13.7. The Kier molecular flexibility index (Phi) is 5.31. The average molecular weight is 351 g/mol. The first-order chi connectivity index (χ1) is 12.6. The molecule has 26 heavy (non-hydrogen) atoms. The quantitative estimate of drug-likeness (QED) is 0.703. The normalized spacial score (nSPS) is 10.7. The molecular weight excluding hydrogens is 330 g/mol. The zero-order valence-corrected chi connectivity index (χ0v) is 14.8. The molecule has 3 aromatic rings. The Morgan fingerprint density at radius 1 is 1.15 bits per heavy atom. The minimum atomic E-state index is -0.926. The summed E-state index contributed by atoms with van der Waals surface area (Å²) in [4.78, 5) is 15.8. The maximum Gasteiger partial charge on any atom is 0.336 e. The minimum Gasteiger partial charge on any atom is -0.478 e. The SMILES string of the molecule is CCCn1nc(OC)nc1Cc1ccc(-c2ccccc2C(=O)O)cc1. The van der Waals surface area contributed by atoms with Gasteiger partial charge in [0.25, 0.3) is 0 Å². The van der Waals surface area contributed by atoms with Gasteiger partial charge in [-0.25, -0.2) is 9.48 Å². The zero-order valence-electron chi connectivity index (χ0n) is 14.8. The van der Waals surface area contributed by atoms with Crippen LogP contribution in [0.3, 0.4) is 0 Å². The number of aromatic nitrogens is 3. The summed E-state index contributed by atoms with van der Waals surface area (Å²) in [6.45, 7) is 2.88. The fraction of sp³-hybridized carbons (Fsp3) is 0.250. The molecule has 0 amide bonds. The maximum atomic E-state index is 11.4. The van der Waals surface area contributed by atoms with Crippen LogP contribution >= 0.6 is 0 Å². The highest BCUT2D eigenvalue weighted by Gasteiger charge is 2.12. The van der Waals surface area contributed by atoms with Gasteiger partial charge in [-0.15, -0.1) is 5.10 Å². The first-order valence-electron chi connectivity index (χ1n) is 8.51. The van der Waals surface area contributed by atoms with E-state index in [1.54, 1.807) is 19.2 Å². The van der Waals surface area contributed by atoms with Crippen molar-refractivity contribution in [2.24, 2.45) is 0 Å². The lowest BCUT2D eigenvalue weighted by Crippen LogP contribution is -2.06. The molecule has 0 saturated carbocycles. The highest BCUT2D eigenvalue weighted by molar-refractivity contribution is 5.95. The summed E-state index contributed by atoms with van der Waals surface area (Å²) in [5.74, 6) is -0.0770. The number of benzene rings is 2. The van der Waals surface area contributed by atoms with Crippen molar-refractivity contribution < 1.29 is 14.6 Å². The molecule has 134 valence electrons. The second-order valence-corrected chi connectivity index (χ2v) is 5.96. The van der Waals surface area contributed by atoms with Crippen molar-refractivity contribution in [3.8, 4) is 17.1 Å². The summed E-state index contributed by atoms with van der Waals surface area (Å²) in [5.41, 5.74) is 2.96. The van der Waals surface area contributed by atoms with Crippen LogP contribution in [0.1, 0.15) is 35.1 Å². The number of hydrogen-bond donors (Lipinski definition) is 1. The van der Waals surface area contributed by atoms with Crippen molar-refractivity contribution in [2.45, 2.75) is 26.3 Å². The van der Waals surface area contributed by atoms with Crippen LogP contribution < -0.4 is 4.74 Å². The second-order valence-electron chi connectivity index (χ2n) is 5.96. The Morgan fingerprint density at radius 3 is 2.54 bits per heavy atom. The fourth-order valence-electron chi connectivity index (χ4n) is 2.87. The smallest absolute Gasteiger partial charge is 0.336 e. The van der Waals surface area contributed by atoms with Crippen molar-refractivity contribution in [3.05, 3.63) is 65.5 Å². The number of rotatable bonds is 7. The summed E-state index contributed by atoms with van der Waals surface area (Å²) in [6.07, 6.45) is 1.60. The molecule has 3 rings (SSSR count). The topological polar surface area (TPSA) is 77.2 Å². The predicted octanol–water partition coefficient (Wildman–Crippen LogP) is 3.65. The van der Waals surface area contributed by atoms with E-state index in [0.717, 1.165) is 29.9 Å². The van der Waals surface area contributed by atoms with Crippen LogP contribution in [0.2, 0.25) is 0 Å². The second kappa shape index (κ2) is 7.82. The van der Waals surface area contributed by atoms with Crippen LogP contribution in [-0.4, -0.2) is 33.0 Å². The van der Waals surface area contributed by atoms with Crippen molar-refractivity contribution in [1.29, 1.82) is 0 Å². The number of nitrogens with zero attached hydrogens (tertiary/aromatic N) is 3. The molecule has 0 bridgehead atoms. The average Bonchev–Trinajstić information content (AvgIpc) is 3.04. The Hall–Kier alpha value is -3.15. The van der Waals surface area contributed by atoms with E-state index in [0.29, 0.717) is 23.6 Å². The summed E-state index contributed by atoms with van der Waals surface area (Å²) < 4.78 is 7.00. The van der Waals surface area contributed by atoms with Crippen LogP contribution in [0.5, 0.6) is 6.01 Å². The van der Waals surface area contributed by atoms with Crippen molar-refractivity contribution in [3.63, 3.8) is 0 Å². The van der Waals surface area contributed by atoms with E-state index in [2.05, 4.69) is 17.0 Å². The van der Waals surface area contributed by atoms with Gasteiger partial charge in [-0.1, -0.05) is 49.4 Å². The third-order valence-corrected chi connectivity index (χ3v) is 4.13. The number of ether oxygens (including phenoxy) is 1. The molecule has 0 aliphatic heterocycles. The van der Waals surface area contributed by atoms with Gasteiger partial charge < -0.3 is 9.84 Å². The molecule has 0 radical (unpaired) electrons. The molecule has 0 aliphatic rings. The van der Waals surface area contributed by atoms with Gasteiger partial charge in [0, 0.05) is 13.0 Å². The monoisotopic (exact) mass is 351 g/mol. The van der Waals surface area contributed by atoms with Gasteiger partial charge in [-0.05, 0) is 29.2 Å². The van der Waals surface area contributed by atoms with E-state index in [4.69, 9.17) is 4.74 Å². The fourth-order valence-corrected chi connectivity index (χ4v) is 2.87. The van der Waals surface area contributed by atoms with E-state index >= 15 is 0 Å². The van der Waals surface area contributed by atoms with Crippen LogP contribution in [0.15, 0.2) is 48.5 Å². The van der Waals surface area contributed by atoms with Gasteiger partial charge in [0.2, 0.25) is 0 Å². The zero-order chi connectivity index (χ0) is 18.5. The van der Waals surface area contributed by atoms with E-state index in [1.165, 1.54) is 0 Å². The van der Waals surface area contributed by atoms with Crippen molar-refractivity contribution in [2.75, 3.05) is 7.11 Å². The first-order valence-corrected chi connectivity index (χ1v) is 8.51. The lowest BCUT2D eigenvalue weighted by molar-refractivity contribution is 0.0697. The maximum absolute atomic E-state index is 11.4. The van der Waals surface area contributed by atoms with E-state index in [9.17, 15) is 9.90 Å². The molecule has 0 fully saturated rings. The largest absolute Gasteiger partial charge is 0.478 e. The van der Waals surface area contributed by atoms with Crippen LogP contribution in [0.25, 0.3) is 11.1 Å². The van der Waals surface area contributed by atoms with Crippen molar-refractivity contribution >= 4 is 5.97 Å². The first kappa shape index (κ1) is 17.7. The number of carbonyl (C=O) groups is 1. The highest BCUT2D eigenvalue weighted by Crippen LogP contribution is 2.24.